The van der Waals surface area contributed by atoms with Crippen molar-refractivity contribution >= 4 is 11.3 Å². The van der Waals surface area contributed by atoms with Crippen molar-refractivity contribution in [2.75, 3.05) is 14.2 Å². The van der Waals surface area contributed by atoms with Crippen LogP contribution in [0, 0.1) is 0 Å². The number of hydrogen-bond donors (Lipinski definition) is 1. The molecule has 84 valence electrons. The Labute approximate surface area is 93.6 Å². The lowest BCUT2D eigenvalue weighted by Crippen LogP contribution is -2.32. The molecule has 1 aromatic rings. The Morgan fingerprint density at radius 1 is 1.33 bits per heavy atom. The fourth-order valence-electron chi connectivity index (χ4n) is 1.82. The van der Waals surface area contributed by atoms with Crippen molar-refractivity contribution in [3.8, 4) is 0 Å². The number of methoxy groups -OCH3 is 2. The molecule has 0 bridgehead atoms. The van der Waals surface area contributed by atoms with Crippen LogP contribution < -0.4 is 0 Å². The Kier molecular flexibility index (Phi) is 3.11. The first-order valence-electron chi connectivity index (χ1n) is 5.08. The van der Waals surface area contributed by atoms with E-state index in [-0.39, 0.29) is 6.29 Å². The van der Waals surface area contributed by atoms with Crippen LogP contribution in [0.3, 0.4) is 0 Å². The maximum atomic E-state index is 10.2. The summed E-state index contributed by atoms with van der Waals surface area (Å²) >= 11 is 1.57. The number of rotatable bonds is 4. The van der Waals surface area contributed by atoms with Gasteiger partial charge in [0.25, 0.3) is 0 Å². The van der Waals surface area contributed by atoms with Crippen LogP contribution in [-0.2, 0) is 15.1 Å². The van der Waals surface area contributed by atoms with Crippen LogP contribution in [0.5, 0.6) is 0 Å². The normalized spacial score (nSPS) is 19.2. The van der Waals surface area contributed by atoms with E-state index < -0.39 is 5.60 Å². The lowest BCUT2D eigenvalue weighted by atomic mass is 9.79. The second-order valence-corrected chi connectivity index (χ2v) is 5.01. The van der Waals surface area contributed by atoms with Gasteiger partial charge in [0, 0.05) is 19.1 Å². The van der Waals surface area contributed by atoms with Crippen molar-refractivity contribution < 1.29 is 14.6 Å². The highest BCUT2D eigenvalue weighted by Crippen LogP contribution is 2.44. The predicted molar refractivity (Wildman–Crippen MR) is 58.8 cm³/mol. The Hall–Kier alpha value is -0.420. The summed E-state index contributed by atoms with van der Waals surface area (Å²) in [6, 6.07) is 3.94. The molecular formula is C11H16O3S. The van der Waals surface area contributed by atoms with Gasteiger partial charge in [-0.25, -0.2) is 0 Å². The van der Waals surface area contributed by atoms with Gasteiger partial charge in [0.2, 0.25) is 0 Å². The van der Waals surface area contributed by atoms with Crippen LogP contribution in [0.25, 0.3) is 0 Å². The van der Waals surface area contributed by atoms with Crippen molar-refractivity contribution in [1.29, 1.82) is 0 Å². The summed E-state index contributed by atoms with van der Waals surface area (Å²) in [4.78, 5) is 2.04. The highest BCUT2D eigenvalue weighted by molar-refractivity contribution is 7.12. The van der Waals surface area contributed by atoms with Gasteiger partial charge in [-0.2, -0.15) is 0 Å². The van der Waals surface area contributed by atoms with E-state index in [1.165, 1.54) is 0 Å². The largest absolute Gasteiger partial charge is 0.384 e. The van der Waals surface area contributed by atoms with Crippen molar-refractivity contribution in [3.05, 3.63) is 21.9 Å². The van der Waals surface area contributed by atoms with Crippen LogP contribution >= 0.6 is 11.3 Å². The van der Waals surface area contributed by atoms with E-state index in [1.54, 1.807) is 25.6 Å². The number of ether oxygens (including phenoxy) is 2. The lowest BCUT2D eigenvalue weighted by Gasteiger charge is -2.35. The molecule has 4 heteroatoms. The standard InChI is InChI=1S/C11H16O3S/c1-13-10(14-2)8-4-5-9(15-8)11(12)6-3-7-11/h4-5,10,12H,3,6-7H2,1-2H3. The highest BCUT2D eigenvalue weighted by Gasteiger charge is 2.37. The zero-order valence-corrected chi connectivity index (χ0v) is 9.84. The minimum Gasteiger partial charge on any atom is -0.384 e. The summed E-state index contributed by atoms with van der Waals surface area (Å²) in [6.07, 6.45) is 2.55. The quantitative estimate of drug-likeness (QED) is 0.804. The average molecular weight is 228 g/mol. The fraction of sp³-hybridized carbons (Fsp3) is 0.636. The second kappa shape index (κ2) is 4.22. The van der Waals surface area contributed by atoms with E-state index in [0.29, 0.717) is 0 Å². The van der Waals surface area contributed by atoms with Gasteiger partial charge in [-0.05, 0) is 31.4 Å². The summed E-state index contributed by atoms with van der Waals surface area (Å²) in [5, 5.41) is 10.2. The van der Waals surface area contributed by atoms with Crippen LogP contribution in [0.4, 0.5) is 0 Å². The average Bonchev–Trinajstić information content (AvgIpc) is 2.66. The van der Waals surface area contributed by atoms with Gasteiger partial charge >= 0.3 is 0 Å². The molecule has 1 heterocycles. The van der Waals surface area contributed by atoms with Crippen LogP contribution in [-0.4, -0.2) is 19.3 Å². The maximum absolute atomic E-state index is 10.2. The monoisotopic (exact) mass is 228 g/mol. The van der Waals surface area contributed by atoms with Gasteiger partial charge in [-0.1, -0.05) is 0 Å². The van der Waals surface area contributed by atoms with Crippen molar-refractivity contribution in [3.63, 3.8) is 0 Å². The minimum absolute atomic E-state index is 0.313. The molecule has 0 radical (unpaired) electrons. The Morgan fingerprint density at radius 3 is 2.47 bits per heavy atom. The molecule has 1 aromatic heterocycles. The third kappa shape index (κ3) is 1.95. The molecule has 0 amide bonds. The molecule has 2 rings (SSSR count). The van der Waals surface area contributed by atoms with Crippen molar-refractivity contribution in [2.45, 2.75) is 31.2 Å². The summed E-state index contributed by atoms with van der Waals surface area (Å²) < 4.78 is 10.3. The molecule has 3 nitrogen and oxygen atoms in total. The van der Waals surface area contributed by atoms with Gasteiger partial charge in [0.1, 0.15) is 0 Å². The van der Waals surface area contributed by atoms with Gasteiger partial charge in [-0.3, -0.25) is 0 Å². The molecule has 0 aromatic carbocycles. The van der Waals surface area contributed by atoms with E-state index in [0.717, 1.165) is 29.0 Å². The molecule has 15 heavy (non-hydrogen) atoms. The summed E-state index contributed by atoms with van der Waals surface area (Å²) in [7, 11) is 3.23. The van der Waals surface area contributed by atoms with Crippen LogP contribution in [0.1, 0.15) is 35.3 Å². The molecule has 0 saturated heterocycles. The Morgan fingerprint density at radius 2 is 2.00 bits per heavy atom. The smallest absolute Gasteiger partial charge is 0.192 e. The fourth-order valence-corrected chi connectivity index (χ4v) is 3.03. The molecule has 1 saturated carbocycles. The topological polar surface area (TPSA) is 38.7 Å². The molecular weight excluding hydrogens is 212 g/mol. The van der Waals surface area contributed by atoms with Crippen molar-refractivity contribution in [1.82, 2.24) is 0 Å². The minimum atomic E-state index is -0.574. The van der Waals surface area contributed by atoms with E-state index in [2.05, 4.69) is 0 Å². The van der Waals surface area contributed by atoms with Crippen molar-refractivity contribution in [2.24, 2.45) is 0 Å². The zero-order chi connectivity index (χ0) is 10.9. The lowest BCUT2D eigenvalue weighted by molar-refractivity contribution is -0.103. The summed E-state index contributed by atoms with van der Waals surface area (Å²) in [5.74, 6) is 0. The highest BCUT2D eigenvalue weighted by atomic mass is 32.1. The molecule has 1 N–H and O–H groups in total. The second-order valence-electron chi connectivity index (χ2n) is 3.89. The van der Waals surface area contributed by atoms with E-state index in [4.69, 9.17) is 9.47 Å². The number of thiophene rings is 1. The van der Waals surface area contributed by atoms with E-state index >= 15 is 0 Å². The maximum Gasteiger partial charge on any atom is 0.192 e. The molecule has 0 aliphatic heterocycles. The molecule has 1 aliphatic rings. The van der Waals surface area contributed by atoms with Gasteiger partial charge in [-0.15, -0.1) is 11.3 Å². The predicted octanol–water partition coefficient (Wildman–Crippen LogP) is 2.41. The Bertz CT molecular complexity index is 326. The van der Waals surface area contributed by atoms with Gasteiger partial charge in [0.15, 0.2) is 6.29 Å². The van der Waals surface area contributed by atoms with Gasteiger partial charge in [0.05, 0.1) is 10.5 Å². The summed E-state index contributed by atoms with van der Waals surface area (Å²) in [6.45, 7) is 0. The van der Waals surface area contributed by atoms with Crippen LogP contribution in [0.2, 0.25) is 0 Å². The van der Waals surface area contributed by atoms with E-state index in [9.17, 15) is 5.11 Å². The first-order chi connectivity index (χ1) is 7.19. The third-order valence-corrected chi connectivity index (χ3v) is 4.23. The first kappa shape index (κ1) is 11.1. The molecule has 1 aliphatic carbocycles. The number of aliphatic hydroxyl groups is 1. The van der Waals surface area contributed by atoms with Gasteiger partial charge < -0.3 is 14.6 Å². The third-order valence-electron chi connectivity index (χ3n) is 2.93. The first-order valence-corrected chi connectivity index (χ1v) is 5.89. The molecule has 0 unspecified atom stereocenters. The van der Waals surface area contributed by atoms with Crippen LogP contribution in [0.15, 0.2) is 12.1 Å². The molecule has 0 spiro atoms. The number of hydrogen-bond acceptors (Lipinski definition) is 4. The van der Waals surface area contributed by atoms with E-state index in [1.807, 2.05) is 12.1 Å². The SMILES string of the molecule is COC(OC)c1ccc(C2(O)CCC2)s1. The molecule has 1 fully saturated rings. The zero-order valence-electron chi connectivity index (χ0n) is 9.03. The molecule has 0 atom stereocenters. The summed E-state index contributed by atoms with van der Waals surface area (Å²) in [5.41, 5.74) is -0.574. The Balaban J connectivity index is 2.16.